The SMILES string of the molecule is CC1CC(C23CC4CC(C2)CC(C2CC5CCCC6CC(C)C7CCCC2C7C65)(C4)C3)CCC1O. The van der Waals surface area contributed by atoms with E-state index < -0.39 is 0 Å². The second-order valence-corrected chi connectivity index (χ2v) is 16.7. The first-order valence-electron chi connectivity index (χ1n) is 16.6. The standard InChI is InChI=1S/C34H54O/c1-20-11-24-5-3-6-25-14-29(28-8-4-7-27(20)32(28)31(24)25)34-17-22-13-23(18-34)16-33(15-22,19-34)26-9-10-30(35)21(2)12-26/h20-32,35H,3-19H2,1-2H3. The smallest absolute Gasteiger partial charge is 0.0566 e. The summed E-state index contributed by atoms with van der Waals surface area (Å²) < 4.78 is 0. The average molecular weight is 479 g/mol. The fourth-order valence-corrected chi connectivity index (χ4v) is 14.7. The Bertz CT molecular complexity index is 816. The minimum Gasteiger partial charge on any atom is -0.393 e. The molecule has 196 valence electrons. The van der Waals surface area contributed by atoms with E-state index in [1.165, 1.54) is 12.8 Å². The monoisotopic (exact) mass is 478 g/mol. The van der Waals surface area contributed by atoms with E-state index in [2.05, 4.69) is 13.8 Å². The predicted octanol–water partition coefficient (Wildman–Crippen LogP) is 8.49. The van der Waals surface area contributed by atoms with Crippen molar-refractivity contribution < 1.29 is 5.11 Å². The van der Waals surface area contributed by atoms with Gasteiger partial charge in [-0.15, -0.1) is 0 Å². The number of hydrogen-bond acceptors (Lipinski definition) is 1. The first kappa shape index (κ1) is 22.9. The van der Waals surface area contributed by atoms with Crippen molar-refractivity contribution in [1.29, 1.82) is 0 Å². The second kappa shape index (κ2) is 7.99. The zero-order valence-electron chi connectivity index (χ0n) is 23.0. The molecule has 4 bridgehead atoms. The topological polar surface area (TPSA) is 20.2 Å². The Hall–Kier alpha value is -0.0400. The zero-order valence-corrected chi connectivity index (χ0v) is 23.0. The molecule has 1 N–H and O–H groups in total. The van der Waals surface area contributed by atoms with Crippen molar-refractivity contribution in [3.63, 3.8) is 0 Å². The Balaban J connectivity index is 1.15. The van der Waals surface area contributed by atoms with Gasteiger partial charge in [-0.2, -0.15) is 0 Å². The van der Waals surface area contributed by atoms with Crippen LogP contribution in [0.25, 0.3) is 0 Å². The lowest BCUT2D eigenvalue weighted by Crippen LogP contribution is -2.62. The molecule has 0 saturated heterocycles. The first-order chi connectivity index (χ1) is 16.9. The van der Waals surface area contributed by atoms with Gasteiger partial charge in [0.1, 0.15) is 0 Å². The van der Waals surface area contributed by atoms with E-state index in [9.17, 15) is 5.11 Å². The van der Waals surface area contributed by atoms with Crippen molar-refractivity contribution in [2.45, 2.75) is 129 Å². The Morgan fingerprint density at radius 2 is 1.29 bits per heavy atom. The van der Waals surface area contributed by atoms with Gasteiger partial charge >= 0.3 is 0 Å². The molecule has 35 heavy (non-hydrogen) atoms. The van der Waals surface area contributed by atoms with Crippen LogP contribution in [0.5, 0.6) is 0 Å². The van der Waals surface area contributed by atoms with Crippen LogP contribution in [0.15, 0.2) is 0 Å². The first-order valence-corrected chi connectivity index (χ1v) is 16.6. The fraction of sp³-hybridized carbons (Fsp3) is 1.00. The quantitative estimate of drug-likeness (QED) is 0.422. The Morgan fingerprint density at radius 3 is 2.06 bits per heavy atom. The Kier molecular flexibility index (Phi) is 5.23. The molecule has 0 spiro atoms. The van der Waals surface area contributed by atoms with E-state index in [0.717, 1.165) is 71.5 Å². The number of hydrogen-bond donors (Lipinski definition) is 1. The van der Waals surface area contributed by atoms with Gasteiger partial charge in [0.2, 0.25) is 0 Å². The van der Waals surface area contributed by atoms with Gasteiger partial charge in [-0.1, -0.05) is 39.5 Å². The maximum absolute atomic E-state index is 10.5. The van der Waals surface area contributed by atoms with Crippen LogP contribution >= 0.6 is 0 Å². The van der Waals surface area contributed by atoms with Gasteiger partial charge in [0, 0.05) is 0 Å². The largest absolute Gasteiger partial charge is 0.393 e. The van der Waals surface area contributed by atoms with Gasteiger partial charge in [-0.05, 0) is 165 Å². The summed E-state index contributed by atoms with van der Waals surface area (Å²) >= 11 is 0. The van der Waals surface area contributed by atoms with Gasteiger partial charge in [0.25, 0.3) is 0 Å². The van der Waals surface area contributed by atoms with Crippen LogP contribution in [0.4, 0.5) is 0 Å². The summed E-state index contributed by atoms with van der Waals surface area (Å²) in [5.41, 5.74) is 1.38. The molecular formula is C34H54O. The van der Waals surface area contributed by atoms with E-state index >= 15 is 0 Å². The van der Waals surface area contributed by atoms with Gasteiger partial charge < -0.3 is 5.11 Å². The van der Waals surface area contributed by atoms with Crippen LogP contribution < -0.4 is 0 Å². The third-order valence-corrected chi connectivity index (χ3v) is 15.2. The lowest BCUT2D eigenvalue weighted by Gasteiger charge is -2.71. The molecular weight excluding hydrogens is 424 g/mol. The van der Waals surface area contributed by atoms with Crippen molar-refractivity contribution in [3.8, 4) is 0 Å². The molecule has 1 heteroatoms. The molecule has 0 aromatic carbocycles. The molecule has 0 radical (unpaired) electrons. The van der Waals surface area contributed by atoms with Crippen molar-refractivity contribution in [2.24, 2.45) is 81.8 Å². The summed E-state index contributed by atoms with van der Waals surface area (Å²) in [5, 5.41) is 10.5. The molecule has 0 amide bonds. The van der Waals surface area contributed by atoms with Crippen LogP contribution in [0, 0.1) is 81.8 Å². The molecule has 9 saturated carbocycles. The summed E-state index contributed by atoms with van der Waals surface area (Å²) in [4.78, 5) is 0. The van der Waals surface area contributed by atoms with Crippen LogP contribution in [0.2, 0.25) is 0 Å². The summed E-state index contributed by atoms with van der Waals surface area (Å²) in [6, 6.07) is 0. The highest BCUT2D eigenvalue weighted by molar-refractivity contribution is 5.15. The summed E-state index contributed by atoms with van der Waals surface area (Å²) in [5.74, 6) is 12.3. The third kappa shape index (κ3) is 3.27. The van der Waals surface area contributed by atoms with E-state index in [0.29, 0.717) is 16.7 Å². The summed E-state index contributed by atoms with van der Waals surface area (Å²) in [7, 11) is 0. The van der Waals surface area contributed by atoms with Gasteiger partial charge in [-0.25, -0.2) is 0 Å². The van der Waals surface area contributed by atoms with Crippen molar-refractivity contribution >= 4 is 0 Å². The predicted molar refractivity (Wildman–Crippen MR) is 143 cm³/mol. The van der Waals surface area contributed by atoms with E-state index in [1.54, 1.807) is 89.9 Å². The average Bonchev–Trinajstić information content (AvgIpc) is 2.83. The van der Waals surface area contributed by atoms with Crippen molar-refractivity contribution in [3.05, 3.63) is 0 Å². The normalized spacial score (nSPS) is 63.0. The second-order valence-electron chi connectivity index (χ2n) is 16.7. The highest BCUT2D eigenvalue weighted by atomic mass is 16.3. The van der Waals surface area contributed by atoms with Crippen LogP contribution in [0.3, 0.4) is 0 Å². The molecule has 9 aliphatic rings. The Morgan fingerprint density at radius 1 is 0.600 bits per heavy atom. The fourth-order valence-electron chi connectivity index (χ4n) is 14.7. The van der Waals surface area contributed by atoms with Crippen LogP contribution in [0.1, 0.15) is 123 Å². The summed E-state index contributed by atoms with van der Waals surface area (Å²) in [6.45, 7) is 5.04. The molecule has 0 aromatic rings. The third-order valence-electron chi connectivity index (χ3n) is 15.2. The lowest BCUT2D eigenvalue weighted by molar-refractivity contribution is -0.213. The molecule has 0 aliphatic heterocycles. The molecule has 0 heterocycles. The summed E-state index contributed by atoms with van der Waals surface area (Å²) in [6.07, 6.45) is 26.1. The number of aliphatic hydroxyl groups excluding tert-OH is 1. The van der Waals surface area contributed by atoms with Gasteiger partial charge in [0.15, 0.2) is 0 Å². The number of aliphatic hydroxyl groups is 1. The molecule has 0 aromatic heterocycles. The van der Waals surface area contributed by atoms with Gasteiger partial charge in [-0.3, -0.25) is 0 Å². The zero-order chi connectivity index (χ0) is 23.5. The minimum atomic E-state index is -0.0175. The van der Waals surface area contributed by atoms with Crippen LogP contribution in [-0.4, -0.2) is 11.2 Å². The van der Waals surface area contributed by atoms with Crippen LogP contribution in [-0.2, 0) is 0 Å². The van der Waals surface area contributed by atoms with Crippen molar-refractivity contribution in [2.75, 3.05) is 0 Å². The minimum absolute atomic E-state index is 0.0175. The van der Waals surface area contributed by atoms with Crippen molar-refractivity contribution in [1.82, 2.24) is 0 Å². The molecule has 13 atom stereocenters. The van der Waals surface area contributed by atoms with E-state index in [1.807, 2.05) is 0 Å². The Labute approximate surface area is 216 Å². The molecule has 9 rings (SSSR count). The molecule has 9 aliphatic carbocycles. The molecule has 9 fully saturated rings. The molecule has 1 nitrogen and oxygen atoms in total. The highest BCUT2D eigenvalue weighted by Gasteiger charge is 2.66. The van der Waals surface area contributed by atoms with E-state index in [4.69, 9.17) is 0 Å². The van der Waals surface area contributed by atoms with Gasteiger partial charge in [0.05, 0.1) is 6.10 Å². The molecule has 13 unspecified atom stereocenters. The lowest BCUT2D eigenvalue weighted by atomic mass is 9.34. The highest BCUT2D eigenvalue weighted by Crippen LogP contribution is 2.75. The maximum atomic E-state index is 10.5. The number of rotatable bonds is 2. The van der Waals surface area contributed by atoms with E-state index in [-0.39, 0.29) is 6.10 Å². The maximum Gasteiger partial charge on any atom is 0.0566 e.